The van der Waals surface area contributed by atoms with Gasteiger partial charge in [0.05, 0.1) is 19.3 Å². The number of rotatable bonds is 5. The third-order valence-corrected chi connectivity index (χ3v) is 2.54. The summed E-state index contributed by atoms with van der Waals surface area (Å²) in [6, 6.07) is 7.46. The van der Waals surface area contributed by atoms with Gasteiger partial charge < -0.3 is 9.47 Å². The molecule has 0 aliphatic rings. The van der Waals surface area contributed by atoms with Crippen molar-refractivity contribution >= 4 is 11.5 Å². The monoisotopic (exact) mass is 246 g/mol. The van der Waals surface area contributed by atoms with Gasteiger partial charge in [-0.05, 0) is 37.1 Å². The molecule has 1 aromatic carbocycles. The average molecular weight is 246 g/mol. The number of allylic oxidation sites excluding steroid dienone is 1. The second kappa shape index (κ2) is 6.64. The summed E-state index contributed by atoms with van der Waals surface area (Å²) in [6.45, 7) is 7.77. The highest BCUT2D eigenvalue weighted by molar-refractivity contribution is 6.05. The molecule has 1 aromatic rings. The van der Waals surface area contributed by atoms with Gasteiger partial charge in [-0.3, -0.25) is 0 Å². The highest BCUT2D eigenvalue weighted by Crippen LogP contribution is 2.24. The van der Waals surface area contributed by atoms with Crippen molar-refractivity contribution in [3.63, 3.8) is 0 Å². The van der Waals surface area contributed by atoms with Crippen molar-refractivity contribution in [1.29, 1.82) is 0 Å². The second-order valence-electron chi connectivity index (χ2n) is 3.63. The maximum Gasteiger partial charge on any atom is 0.338 e. The van der Waals surface area contributed by atoms with E-state index < -0.39 is 0 Å². The van der Waals surface area contributed by atoms with Crippen molar-refractivity contribution in [2.75, 3.05) is 13.7 Å². The molecular weight excluding hydrogens is 228 g/mol. The molecule has 0 amide bonds. The van der Waals surface area contributed by atoms with Crippen molar-refractivity contribution < 1.29 is 14.3 Å². The van der Waals surface area contributed by atoms with Gasteiger partial charge in [-0.25, -0.2) is 4.79 Å². The third kappa shape index (κ3) is 3.23. The fraction of sp³-hybridized carbons (Fsp3) is 0.267. The van der Waals surface area contributed by atoms with Gasteiger partial charge in [-0.1, -0.05) is 24.8 Å². The van der Waals surface area contributed by atoms with Crippen LogP contribution in [0.15, 0.2) is 42.5 Å². The summed E-state index contributed by atoms with van der Waals surface area (Å²) in [5.74, 6) is 0.386. The van der Waals surface area contributed by atoms with Crippen molar-refractivity contribution in [3.05, 3.63) is 48.1 Å². The number of ether oxygens (including phenoxy) is 2. The number of hydrogen-bond acceptors (Lipinski definition) is 3. The average Bonchev–Trinajstić information content (AvgIpc) is 2.40. The van der Waals surface area contributed by atoms with E-state index in [0.717, 1.165) is 16.9 Å². The van der Waals surface area contributed by atoms with E-state index in [1.807, 2.05) is 37.3 Å². The predicted molar refractivity (Wildman–Crippen MR) is 72.4 cm³/mol. The Labute approximate surface area is 108 Å². The third-order valence-electron chi connectivity index (χ3n) is 2.54. The maximum absolute atomic E-state index is 11.7. The molecular formula is C15H18O3. The highest BCUT2D eigenvalue weighted by Gasteiger charge is 2.14. The first-order valence-electron chi connectivity index (χ1n) is 5.81. The molecule has 3 heteroatoms. The molecule has 0 aliphatic carbocycles. The van der Waals surface area contributed by atoms with Crippen LogP contribution in [-0.2, 0) is 9.53 Å². The Hall–Kier alpha value is -2.03. The first kappa shape index (κ1) is 14.0. The molecule has 0 aliphatic heterocycles. The number of hydrogen-bond donors (Lipinski definition) is 0. The lowest BCUT2D eigenvalue weighted by molar-refractivity contribution is -0.137. The highest BCUT2D eigenvalue weighted by atomic mass is 16.5. The Balaban J connectivity index is 2.96. The maximum atomic E-state index is 11.7. The SMILES string of the molecule is C=C(C(=O)OCC)/C(=C/C)c1ccc(OC)cc1. The van der Waals surface area contributed by atoms with Gasteiger partial charge in [-0.15, -0.1) is 0 Å². The van der Waals surface area contributed by atoms with Crippen LogP contribution in [0, 0.1) is 0 Å². The fourth-order valence-corrected chi connectivity index (χ4v) is 1.61. The summed E-state index contributed by atoms with van der Waals surface area (Å²) >= 11 is 0. The molecule has 0 N–H and O–H groups in total. The number of carbonyl (C=O) groups excluding carboxylic acids is 1. The zero-order chi connectivity index (χ0) is 13.5. The second-order valence-corrected chi connectivity index (χ2v) is 3.63. The van der Waals surface area contributed by atoms with Crippen molar-refractivity contribution in [1.82, 2.24) is 0 Å². The van der Waals surface area contributed by atoms with Crippen LogP contribution in [0.2, 0.25) is 0 Å². The van der Waals surface area contributed by atoms with Gasteiger partial charge in [-0.2, -0.15) is 0 Å². The lowest BCUT2D eigenvalue weighted by Gasteiger charge is -2.10. The summed E-state index contributed by atoms with van der Waals surface area (Å²) in [7, 11) is 1.61. The number of esters is 1. The van der Waals surface area contributed by atoms with E-state index in [1.54, 1.807) is 14.0 Å². The minimum Gasteiger partial charge on any atom is -0.497 e. The van der Waals surface area contributed by atoms with Gasteiger partial charge in [0.1, 0.15) is 5.75 Å². The summed E-state index contributed by atoms with van der Waals surface area (Å²) in [6.07, 6.45) is 1.85. The molecule has 0 unspecified atom stereocenters. The van der Waals surface area contributed by atoms with Crippen LogP contribution in [0.5, 0.6) is 5.75 Å². The first-order chi connectivity index (χ1) is 8.63. The normalized spacial score (nSPS) is 10.9. The molecule has 3 nitrogen and oxygen atoms in total. The van der Waals surface area contributed by atoms with Gasteiger partial charge >= 0.3 is 5.97 Å². The molecule has 0 fully saturated rings. The molecule has 0 spiro atoms. The van der Waals surface area contributed by atoms with Crippen LogP contribution in [0.3, 0.4) is 0 Å². The summed E-state index contributed by atoms with van der Waals surface area (Å²) in [5, 5.41) is 0. The molecule has 1 rings (SSSR count). The Kier molecular flexibility index (Phi) is 5.18. The summed E-state index contributed by atoms with van der Waals surface area (Å²) < 4.78 is 10.0. The Bertz CT molecular complexity index is 455. The molecule has 18 heavy (non-hydrogen) atoms. The molecule has 0 bridgehead atoms. The van der Waals surface area contributed by atoms with Crippen molar-refractivity contribution in [2.45, 2.75) is 13.8 Å². The molecule has 0 heterocycles. The molecule has 0 saturated carbocycles. The van der Waals surface area contributed by atoms with Crippen LogP contribution in [0.4, 0.5) is 0 Å². The van der Waals surface area contributed by atoms with Gasteiger partial charge in [0.15, 0.2) is 0 Å². The van der Waals surface area contributed by atoms with Crippen molar-refractivity contribution in [3.8, 4) is 5.75 Å². The number of benzene rings is 1. The molecule has 0 atom stereocenters. The van der Waals surface area contributed by atoms with Crippen LogP contribution in [0.1, 0.15) is 19.4 Å². The van der Waals surface area contributed by atoms with E-state index in [0.29, 0.717) is 12.2 Å². The van der Waals surface area contributed by atoms with Gasteiger partial charge in [0.2, 0.25) is 0 Å². The van der Waals surface area contributed by atoms with Crippen LogP contribution in [0.25, 0.3) is 5.57 Å². The van der Waals surface area contributed by atoms with Gasteiger partial charge in [0, 0.05) is 0 Å². The lowest BCUT2D eigenvalue weighted by Crippen LogP contribution is -2.08. The smallest absolute Gasteiger partial charge is 0.338 e. The standard InChI is InChI=1S/C15H18O3/c1-5-14(11(3)15(16)18-6-2)12-7-9-13(17-4)10-8-12/h5,7-10H,3,6H2,1-2,4H3/b14-5-. The number of carbonyl (C=O) groups is 1. The lowest BCUT2D eigenvalue weighted by atomic mass is 9.99. The van der Waals surface area contributed by atoms with Crippen LogP contribution in [-0.4, -0.2) is 19.7 Å². The molecule has 96 valence electrons. The Morgan fingerprint density at radius 2 is 1.94 bits per heavy atom. The largest absolute Gasteiger partial charge is 0.497 e. The van der Waals surface area contributed by atoms with E-state index in [1.165, 1.54) is 0 Å². The molecule has 0 radical (unpaired) electrons. The quantitative estimate of drug-likeness (QED) is 0.454. The zero-order valence-corrected chi connectivity index (χ0v) is 11.0. The topological polar surface area (TPSA) is 35.5 Å². The van der Waals surface area contributed by atoms with Crippen molar-refractivity contribution in [2.24, 2.45) is 0 Å². The van der Waals surface area contributed by atoms with E-state index in [9.17, 15) is 4.79 Å². The molecule has 0 aromatic heterocycles. The van der Waals surface area contributed by atoms with E-state index in [-0.39, 0.29) is 5.97 Å². The van der Waals surface area contributed by atoms with E-state index >= 15 is 0 Å². The minimum absolute atomic E-state index is 0.345. The van der Waals surface area contributed by atoms with Crippen LogP contribution < -0.4 is 4.74 Å². The zero-order valence-electron chi connectivity index (χ0n) is 11.0. The summed E-state index contributed by atoms with van der Waals surface area (Å²) in [5.41, 5.74) is 2.05. The Morgan fingerprint density at radius 1 is 1.33 bits per heavy atom. The minimum atomic E-state index is -0.388. The first-order valence-corrected chi connectivity index (χ1v) is 5.81. The molecule has 0 saturated heterocycles. The van der Waals surface area contributed by atoms with E-state index in [4.69, 9.17) is 9.47 Å². The Morgan fingerprint density at radius 3 is 2.39 bits per heavy atom. The van der Waals surface area contributed by atoms with Crippen LogP contribution >= 0.6 is 0 Å². The van der Waals surface area contributed by atoms with Gasteiger partial charge in [0.25, 0.3) is 0 Å². The number of methoxy groups -OCH3 is 1. The van der Waals surface area contributed by atoms with E-state index in [2.05, 4.69) is 6.58 Å². The summed E-state index contributed by atoms with van der Waals surface area (Å²) in [4.78, 5) is 11.7. The predicted octanol–water partition coefficient (Wildman–Crippen LogP) is 3.22. The fourth-order valence-electron chi connectivity index (χ4n) is 1.61.